The molecule has 0 radical (unpaired) electrons. The summed E-state index contributed by atoms with van der Waals surface area (Å²) in [5.74, 6) is -1.73. The number of carboxylic acids is 2. The zero-order valence-corrected chi connectivity index (χ0v) is 19.3. The Morgan fingerprint density at radius 2 is 1.35 bits per heavy atom. The topological polar surface area (TPSA) is 80.3 Å². The first-order valence-corrected chi connectivity index (χ1v) is 13.4. The number of thiol groups is 2. The summed E-state index contributed by atoms with van der Waals surface area (Å²) in [7, 11) is 0. The third-order valence-electron chi connectivity index (χ3n) is 2.60. The van der Waals surface area contributed by atoms with Crippen molar-refractivity contribution in [3.8, 4) is 0 Å². The number of carboxylic acid groups (broad SMARTS) is 2. The molecule has 0 fully saturated rings. The quantitative estimate of drug-likeness (QED) is 0.274. The number of hydrogen-bond donors (Lipinski definition) is 2. The summed E-state index contributed by atoms with van der Waals surface area (Å²) in [6, 6.07) is 0. The van der Waals surface area contributed by atoms with Crippen molar-refractivity contribution >= 4 is 58.3 Å². The van der Waals surface area contributed by atoms with E-state index >= 15 is 0 Å². The van der Waals surface area contributed by atoms with Crippen LogP contribution in [0.1, 0.15) is 59.3 Å². The van der Waals surface area contributed by atoms with Crippen LogP contribution < -0.4 is 10.2 Å². The number of hydrogen-bond acceptors (Lipinski definition) is 6. The number of rotatable bonds is 11. The van der Waals surface area contributed by atoms with Crippen LogP contribution in [0.5, 0.6) is 0 Å². The van der Waals surface area contributed by atoms with Gasteiger partial charge in [-0.1, -0.05) is 0 Å². The Labute approximate surface area is 163 Å². The van der Waals surface area contributed by atoms with Gasteiger partial charge >= 0.3 is 95.2 Å². The molecule has 0 aliphatic heterocycles. The van der Waals surface area contributed by atoms with Gasteiger partial charge in [-0.05, 0) is 0 Å². The molecule has 0 saturated carbocycles. The van der Waals surface area contributed by atoms with Gasteiger partial charge in [-0.25, -0.2) is 0 Å². The molecule has 0 bridgehead atoms. The first kappa shape index (κ1) is 28.3. The largest absolute Gasteiger partial charge is 0.549 e. The van der Waals surface area contributed by atoms with Crippen molar-refractivity contribution in [1.82, 2.24) is 0 Å². The number of carbonyl (C=O) groups is 2. The van der Waals surface area contributed by atoms with Gasteiger partial charge in [-0.2, -0.15) is 25.3 Å². The molecule has 0 aliphatic rings. The van der Waals surface area contributed by atoms with Gasteiger partial charge < -0.3 is 19.8 Å². The molecule has 4 nitrogen and oxygen atoms in total. The van der Waals surface area contributed by atoms with E-state index in [9.17, 15) is 19.8 Å². The zero-order chi connectivity index (χ0) is 18.5. The van der Waals surface area contributed by atoms with Crippen LogP contribution in [-0.2, 0) is 9.59 Å². The molecule has 0 aromatic carbocycles. The van der Waals surface area contributed by atoms with Crippen LogP contribution in [0.4, 0.5) is 0 Å². The van der Waals surface area contributed by atoms with Crippen LogP contribution in [0.25, 0.3) is 0 Å². The molecule has 0 atom stereocenters. The van der Waals surface area contributed by atoms with Gasteiger partial charge in [-0.3, -0.25) is 0 Å². The second-order valence-corrected chi connectivity index (χ2v) is 10.3. The van der Waals surface area contributed by atoms with E-state index in [0.29, 0.717) is 0 Å². The molecule has 23 heavy (non-hydrogen) atoms. The van der Waals surface area contributed by atoms with Crippen molar-refractivity contribution in [3.63, 3.8) is 0 Å². The molecule has 0 aliphatic carbocycles. The normalized spacial score (nSPS) is 9.13. The van der Waals surface area contributed by atoms with Gasteiger partial charge in [0.1, 0.15) is 0 Å². The summed E-state index contributed by atoms with van der Waals surface area (Å²) in [4.78, 5) is 18.4. The standard InChI is InChI=1S/C8H17.C4H9.2C2H4O2S.Sn/c1-4-5-6-7-8(2)3;1-3-4-2;2*3-2(4)1-5;/h8H,1,4-7H2,2-3H3;1,3-4H2,2H3;2*5H,1H2,(H,3,4);/q;;;;+2/p-2. The summed E-state index contributed by atoms with van der Waals surface area (Å²) in [5, 5.41) is 18.4. The van der Waals surface area contributed by atoms with E-state index in [0.717, 1.165) is 5.92 Å². The molecule has 136 valence electrons. The molecular formula is C16H32O4S2Sn. The maximum Gasteiger partial charge on any atom is 0.0510 e. The van der Waals surface area contributed by atoms with E-state index < -0.39 is 11.9 Å². The zero-order valence-electron chi connectivity index (χ0n) is 14.7. The third kappa shape index (κ3) is 45.0. The summed E-state index contributed by atoms with van der Waals surface area (Å²) >= 11 is 6.81. The van der Waals surface area contributed by atoms with Crippen LogP contribution in [-0.4, -0.2) is 44.6 Å². The Morgan fingerprint density at radius 1 is 0.913 bits per heavy atom. The van der Waals surface area contributed by atoms with E-state index in [-0.39, 0.29) is 32.6 Å². The average molecular weight is 471 g/mol. The molecule has 0 heterocycles. The summed E-state index contributed by atoms with van der Waals surface area (Å²) in [6.07, 6.45) is 8.89. The van der Waals surface area contributed by atoms with E-state index in [1.165, 1.54) is 32.1 Å². The minimum atomic E-state index is -1.13. The van der Waals surface area contributed by atoms with E-state index in [4.69, 9.17) is 0 Å². The summed E-state index contributed by atoms with van der Waals surface area (Å²) < 4.78 is 3.27. The van der Waals surface area contributed by atoms with Gasteiger partial charge in [-0.15, -0.1) is 0 Å². The predicted molar refractivity (Wildman–Crippen MR) is 101 cm³/mol. The van der Waals surface area contributed by atoms with E-state index in [1.54, 1.807) is 15.3 Å². The first-order chi connectivity index (χ1) is 10.8. The molecule has 0 spiro atoms. The molecule has 0 N–H and O–H groups in total. The number of unbranched alkanes of at least 4 members (excludes halogenated alkanes) is 3. The molecule has 0 amide bonds. The minimum absolute atomic E-state index is 0.103. The van der Waals surface area contributed by atoms with Gasteiger partial charge in [0.15, 0.2) is 0 Å². The van der Waals surface area contributed by atoms with Crippen molar-refractivity contribution in [2.45, 2.75) is 68.2 Å². The monoisotopic (exact) mass is 472 g/mol. The Bertz CT molecular complexity index is 250. The van der Waals surface area contributed by atoms with Crippen LogP contribution in [0.15, 0.2) is 0 Å². The van der Waals surface area contributed by atoms with Gasteiger partial charge in [0.2, 0.25) is 0 Å². The van der Waals surface area contributed by atoms with Crippen molar-refractivity contribution in [2.75, 3.05) is 11.5 Å². The Hall–Kier alpha value is 0.439. The van der Waals surface area contributed by atoms with E-state index in [1.807, 2.05) is 0 Å². The van der Waals surface area contributed by atoms with Crippen molar-refractivity contribution in [2.24, 2.45) is 5.92 Å². The molecule has 0 rings (SSSR count). The van der Waals surface area contributed by atoms with E-state index in [2.05, 4.69) is 46.0 Å². The van der Waals surface area contributed by atoms with Gasteiger partial charge in [0.25, 0.3) is 0 Å². The van der Waals surface area contributed by atoms with Crippen LogP contribution in [0.2, 0.25) is 8.87 Å². The van der Waals surface area contributed by atoms with Crippen LogP contribution >= 0.6 is 25.3 Å². The Kier molecular flexibility index (Phi) is 30.3. The van der Waals surface area contributed by atoms with Crippen molar-refractivity contribution < 1.29 is 19.8 Å². The fourth-order valence-electron chi connectivity index (χ4n) is 1.41. The second-order valence-electron chi connectivity index (χ2n) is 5.41. The minimum Gasteiger partial charge on any atom is -0.549 e. The number of aliphatic carboxylic acids is 2. The molecule has 0 aromatic heterocycles. The van der Waals surface area contributed by atoms with Crippen LogP contribution in [0.3, 0.4) is 0 Å². The maximum absolute atomic E-state index is 9.18. The third-order valence-corrected chi connectivity index (χ3v) is 7.15. The number of carbonyl (C=O) groups excluding carboxylic acids is 2. The average Bonchev–Trinajstić information content (AvgIpc) is 2.50. The van der Waals surface area contributed by atoms with Crippen molar-refractivity contribution in [3.05, 3.63) is 0 Å². The molecule has 0 saturated heterocycles. The molecular weight excluding hydrogens is 439 g/mol. The van der Waals surface area contributed by atoms with Crippen molar-refractivity contribution in [1.29, 1.82) is 0 Å². The fourth-order valence-corrected chi connectivity index (χ4v) is 5.27. The maximum atomic E-state index is 9.18. The SMILES string of the molecule is CCC[CH2][Sn+2][CH2]CCCCC(C)C.O=C([O-])CS.O=C([O-])CS. The molecule has 0 aromatic rings. The predicted octanol–water partition coefficient (Wildman–Crippen LogP) is 1.88. The summed E-state index contributed by atoms with van der Waals surface area (Å²) in [5.41, 5.74) is 0. The molecule has 7 heteroatoms. The second kappa shape index (κ2) is 24.7. The van der Waals surface area contributed by atoms with Crippen LogP contribution in [0, 0.1) is 5.92 Å². The first-order valence-electron chi connectivity index (χ1n) is 8.13. The molecule has 0 unspecified atom stereocenters. The Balaban J connectivity index is -0.000000329. The van der Waals surface area contributed by atoms with Gasteiger partial charge in [0.05, 0.1) is 11.9 Å². The Morgan fingerprint density at radius 3 is 1.70 bits per heavy atom. The fraction of sp³-hybridized carbons (Fsp3) is 0.875. The van der Waals surface area contributed by atoms with Gasteiger partial charge in [0, 0.05) is 11.5 Å². The smallest absolute Gasteiger partial charge is 0.0510 e. The summed E-state index contributed by atoms with van der Waals surface area (Å²) in [6.45, 7) is 6.97.